The highest BCUT2D eigenvalue weighted by Crippen LogP contribution is 2.39. The molecule has 0 unspecified atom stereocenters. The van der Waals surface area contributed by atoms with Crippen molar-refractivity contribution < 1.29 is 32.7 Å². The topological polar surface area (TPSA) is 171 Å². The van der Waals surface area contributed by atoms with Gasteiger partial charge in [0.2, 0.25) is 17.7 Å². The fourth-order valence-corrected chi connectivity index (χ4v) is 10.9. The minimum absolute atomic E-state index is 0.0133. The van der Waals surface area contributed by atoms with Crippen LogP contribution < -0.4 is 20.9 Å². The van der Waals surface area contributed by atoms with E-state index in [4.69, 9.17) is 9.72 Å². The first-order valence-corrected chi connectivity index (χ1v) is 22.0. The monoisotopic (exact) mass is 855 g/mol. The van der Waals surface area contributed by atoms with Gasteiger partial charge in [-0.2, -0.15) is 10.2 Å². The van der Waals surface area contributed by atoms with Crippen molar-refractivity contribution in [3.63, 3.8) is 0 Å². The number of benzene rings is 1. The molecular weight excluding hydrogens is 809 g/mol. The second kappa shape index (κ2) is 16.5. The number of carbonyl (C=O) groups is 4. The second-order valence-corrected chi connectivity index (χ2v) is 17.8. The molecule has 5 fully saturated rings. The zero-order valence-electron chi connectivity index (χ0n) is 33.5. The zero-order valence-corrected chi connectivity index (χ0v) is 34.3. The highest BCUT2D eigenvalue weighted by Gasteiger charge is 2.40. The molecule has 10 rings (SSSR count). The molecule has 19 heteroatoms. The smallest absolute Gasteiger partial charge is 0.284 e. The Hall–Kier alpha value is -5.37. The standard InChI is InChI=1S/C42H47F2N11O5S/c43-39(44)37-33(47-42(59)30-17-45-54-11-10-34(48-40(30)54)53-19-27-16-26(53)22-60-27)20-55(50-37)25-6-4-24(5-7-25)18-51-12-14-52(15-13-51)21-36(57)46-32-3-1-2-28-31(23-61-38(28)32)29-8-9-35(56)49-41(29)58/h1-3,10-11,17,20,23-27,29,39H,4-9,12-16,18-19,21-22H2,(H,46,57)(H,47,59)(H,49,56,58)/t24?,25?,26-,27-,29-/m1/s1. The summed E-state index contributed by atoms with van der Waals surface area (Å²) in [5.74, 6) is -0.376. The molecule has 1 saturated carbocycles. The number of hydrogen-bond donors (Lipinski definition) is 3. The van der Waals surface area contributed by atoms with Crippen LogP contribution in [0.15, 0.2) is 48.2 Å². The van der Waals surface area contributed by atoms with E-state index in [0.29, 0.717) is 31.0 Å². The van der Waals surface area contributed by atoms with Gasteiger partial charge in [-0.3, -0.25) is 34.1 Å². The number of anilines is 3. The van der Waals surface area contributed by atoms with Crippen molar-refractivity contribution in [1.82, 2.24) is 39.5 Å². The molecule has 1 aromatic carbocycles. The second-order valence-electron chi connectivity index (χ2n) is 16.9. The molecule has 8 heterocycles. The number of hydrogen-bond acceptors (Lipinski definition) is 12. The molecule has 5 aromatic rings. The van der Waals surface area contributed by atoms with E-state index in [0.717, 1.165) is 98.5 Å². The number of nitrogens with zero attached hydrogens (tertiary/aromatic N) is 8. The third-order valence-electron chi connectivity index (χ3n) is 13.1. The molecular formula is C42H47F2N11O5S. The SMILES string of the molecule is O=C1CC[C@H](c2csc3c(NC(=O)CN4CCN(CC5CCC(n6cc(NC(=O)c7cnn8ccc(N9C[C@H]%10C[C@@H]9CO%10)nc78)c(C(F)F)n6)CC5)CC4)cccc23)C(=O)N1. The molecule has 5 aliphatic rings. The first-order valence-electron chi connectivity index (χ1n) is 21.1. The summed E-state index contributed by atoms with van der Waals surface area (Å²) < 4.78 is 38.3. The van der Waals surface area contributed by atoms with E-state index in [2.05, 4.69) is 40.8 Å². The maximum atomic E-state index is 14.3. The molecule has 0 radical (unpaired) electrons. The largest absolute Gasteiger partial charge is 0.374 e. The number of piperidine rings is 1. The average molecular weight is 856 g/mol. The Morgan fingerprint density at radius 2 is 1.80 bits per heavy atom. The first-order chi connectivity index (χ1) is 29.6. The molecule has 3 atom stereocenters. The third-order valence-corrected chi connectivity index (χ3v) is 14.1. The van der Waals surface area contributed by atoms with E-state index in [1.165, 1.54) is 28.2 Å². The minimum Gasteiger partial charge on any atom is -0.374 e. The van der Waals surface area contributed by atoms with E-state index in [-0.39, 0.29) is 59.6 Å². The first kappa shape index (κ1) is 39.7. The highest BCUT2D eigenvalue weighted by molar-refractivity contribution is 7.18. The highest BCUT2D eigenvalue weighted by atomic mass is 32.1. The maximum Gasteiger partial charge on any atom is 0.284 e. The Kier molecular flexibility index (Phi) is 10.7. The number of rotatable bonds is 11. The number of thiophene rings is 1. The Morgan fingerprint density at radius 3 is 2.56 bits per heavy atom. The van der Waals surface area contributed by atoms with Crippen molar-refractivity contribution >= 4 is 67.9 Å². The van der Waals surface area contributed by atoms with E-state index in [9.17, 15) is 28.0 Å². The van der Waals surface area contributed by atoms with Gasteiger partial charge in [-0.05, 0) is 72.9 Å². The Bertz CT molecular complexity index is 2490. The number of aromatic nitrogens is 5. The molecule has 0 spiro atoms. The van der Waals surface area contributed by atoms with Gasteiger partial charge >= 0.3 is 0 Å². The lowest BCUT2D eigenvalue weighted by Crippen LogP contribution is -2.49. The van der Waals surface area contributed by atoms with Crippen LogP contribution in [-0.2, 0) is 19.1 Å². The lowest BCUT2D eigenvalue weighted by molar-refractivity contribution is -0.134. The van der Waals surface area contributed by atoms with E-state index < -0.39 is 18.0 Å². The van der Waals surface area contributed by atoms with Gasteiger partial charge in [-0.25, -0.2) is 18.3 Å². The van der Waals surface area contributed by atoms with Crippen molar-refractivity contribution in [3.8, 4) is 0 Å². The molecule has 4 saturated heterocycles. The predicted octanol–water partition coefficient (Wildman–Crippen LogP) is 4.82. The quantitative estimate of drug-likeness (QED) is 0.156. The summed E-state index contributed by atoms with van der Waals surface area (Å²) in [5, 5.41) is 19.7. The van der Waals surface area contributed by atoms with Gasteiger partial charge < -0.3 is 25.2 Å². The molecule has 320 valence electrons. The van der Waals surface area contributed by atoms with Gasteiger partial charge in [0.15, 0.2) is 11.3 Å². The van der Waals surface area contributed by atoms with Crippen LogP contribution in [-0.4, -0.2) is 122 Å². The van der Waals surface area contributed by atoms with Crippen molar-refractivity contribution in [1.29, 1.82) is 0 Å². The minimum atomic E-state index is -2.87. The molecule has 1 aliphatic carbocycles. The predicted molar refractivity (Wildman–Crippen MR) is 223 cm³/mol. The average Bonchev–Trinajstić information content (AvgIpc) is 4.11. The van der Waals surface area contributed by atoms with Crippen molar-refractivity contribution in [2.24, 2.45) is 5.92 Å². The van der Waals surface area contributed by atoms with E-state index in [1.54, 1.807) is 10.9 Å². The summed E-state index contributed by atoms with van der Waals surface area (Å²) in [7, 11) is 0. The summed E-state index contributed by atoms with van der Waals surface area (Å²) in [6, 6.07) is 7.76. The Labute approximate surface area is 353 Å². The summed E-state index contributed by atoms with van der Waals surface area (Å²) in [6.45, 7) is 5.83. The number of nitrogens with one attached hydrogen (secondary N) is 3. The molecule has 4 amide bonds. The Balaban J connectivity index is 0.699. The van der Waals surface area contributed by atoms with E-state index in [1.807, 2.05) is 29.6 Å². The maximum absolute atomic E-state index is 14.3. The normalized spacial score (nSPS) is 24.9. The lowest BCUT2D eigenvalue weighted by Gasteiger charge is -2.38. The van der Waals surface area contributed by atoms with Crippen LogP contribution in [0.3, 0.4) is 0 Å². The van der Waals surface area contributed by atoms with Crippen molar-refractivity contribution in [2.45, 2.75) is 75.5 Å². The van der Waals surface area contributed by atoms with Gasteiger partial charge in [0.25, 0.3) is 12.3 Å². The zero-order chi connectivity index (χ0) is 41.8. The number of fused-ring (bicyclic) bond motifs is 4. The van der Waals surface area contributed by atoms with Crippen LogP contribution in [0.25, 0.3) is 15.7 Å². The molecule has 16 nitrogen and oxygen atoms in total. The summed E-state index contributed by atoms with van der Waals surface area (Å²) >= 11 is 1.49. The molecule has 4 aliphatic heterocycles. The number of ether oxygens (including phenoxy) is 1. The number of imide groups is 1. The molecule has 4 aromatic heterocycles. The van der Waals surface area contributed by atoms with Crippen molar-refractivity contribution in [2.75, 3.05) is 68.0 Å². The molecule has 3 N–H and O–H groups in total. The molecule has 61 heavy (non-hydrogen) atoms. The lowest BCUT2D eigenvalue weighted by atomic mass is 9.85. The van der Waals surface area contributed by atoms with Crippen LogP contribution in [0.5, 0.6) is 0 Å². The van der Waals surface area contributed by atoms with Crippen molar-refractivity contribution in [3.05, 3.63) is 65.1 Å². The number of halogens is 2. The van der Waals surface area contributed by atoms with Gasteiger partial charge in [-0.1, -0.05) is 12.1 Å². The third kappa shape index (κ3) is 7.99. The fourth-order valence-electron chi connectivity index (χ4n) is 9.82. The van der Waals surface area contributed by atoms with Crippen LogP contribution in [0.4, 0.5) is 26.0 Å². The molecule has 2 bridgehead atoms. The van der Waals surface area contributed by atoms with Gasteiger partial charge in [0.1, 0.15) is 11.4 Å². The Morgan fingerprint density at radius 1 is 0.984 bits per heavy atom. The number of piperazine rings is 1. The fraction of sp³-hybridized carbons (Fsp3) is 0.500. The summed E-state index contributed by atoms with van der Waals surface area (Å²) in [4.78, 5) is 62.5. The van der Waals surface area contributed by atoms with Gasteiger partial charge in [0.05, 0.1) is 59.5 Å². The van der Waals surface area contributed by atoms with Crippen LogP contribution in [0, 0.1) is 5.92 Å². The number of morpholine rings is 1. The van der Waals surface area contributed by atoms with Crippen LogP contribution in [0.1, 0.15) is 84.9 Å². The number of amides is 4. The summed E-state index contributed by atoms with van der Waals surface area (Å²) in [6.07, 6.45) is 7.17. The van der Waals surface area contributed by atoms with Crippen LogP contribution in [0.2, 0.25) is 0 Å². The number of carbonyl (C=O) groups excluding carboxylic acids is 4. The van der Waals surface area contributed by atoms with Gasteiger partial charge in [0, 0.05) is 58.1 Å². The van der Waals surface area contributed by atoms with Crippen LogP contribution >= 0.6 is 11.3 Å². The summed E-state index contributed by atoms with van der Waals surface area (Å²) in [5.41, 5.74) is 1.68. The van der Waals surface area contributed by atoms with Gasteiger partial charge in [-0.15, -0.1) is 11.3 Å². The number of alkyl halides is 2. The van der Waals surface area contributed by atoms with E-state index >= 15 is 0 Å².